The highest BCUT2D eigenvalue weighted by Gasteiger charge is 2.15. The lowest BCUT2D eigenvalue weighted by Crippen LogP contribution is -2.30. The third-order valence-electron chi connectivity index (χ3n) is 3.09. The van der Waals surface area contributed by atoms with Crippen molar-refractivity contribution >= 4 is 16.8 Å². The largest absolute Gasteiger partial charge is 0.348 e. The molecule has 0 aliphatic rings. The molecule has 1 aromatic carbocycles. The van der Waals surface area contributed by atoms with Crippen molar-refractivity contribution in [1.82, 2.24) is 25.5 Å². The molecular formula is C15H15N5O. The molecule has 2 heterocycles. The molecule has 0 fully saturated rings. The zero-order chi connectivity index (χ0) is 14.8. The first-order valence-electron chi connectivity index (χ1n) is 6.69. The summed E-state index contributed by atoms with van der Waals surface area (Å²) in [6, 6.07) is 5.84. The van der Waals surface area contributed by atoms with E-state index in [1.807, 2.05) is 32.0 Å². The summed E-state index contributed by atoms with van der Waals surface area (Å²) in [5, 5.41) is 10.6. The van der Waals surface area contributed by atoms with Crippen LogP contribution < -0.4 is 5.32 Å². The zero-order valence-electron chi connectivity index (χ0n) is 11.8. The van der Waals surface area contributed by atoms with Crippen LogP contribution in [0.2, 0.25) is 0 Å². The summed E-state index contributed by atoms with van der Waals surface area (Å²) >= 11 is 0. The maximum absolute atomic E-state index is 12.2. The number of nitrogens with one attached hydrogen (secondary N) is 2. The normalized spacial score (nSPS) is 11.0. The predicted octanol–water partition coefficient (Wildman–Crippen LogP) is 2.16. The molecule has 0 saturated carbocycles. The van der Waals surface area contributed by atoms with Gasteiger partial charge in [0.1, 0.15) is 6.33 Å². The van der Waals surface area contributed by atoms with Crippen LogP contribution in [0.25, 0.3) is 22.0 Å². The highest BCUT2D eigenvalue weighted by Crippen LogP contribution is 2.24. The minimum Gasteiger partial charge on any atom is -0.348 e. The van der Waals surface area contributed by atoms with Crippen molar-refractivity contribution in [2.24, 2.45) is 0 Å². The van der Waals surface area contributed by atoms with Crippen molar-refractivity contribution in [1.29, 1.82) is 0 Å². The van der Waals surface area contributed by atoms with Crippen LogP contribution in [0.3, 0.4) is 0 Å². The fourth-order valence-corrected chi connectivity index (χ4v) is 2.15. The van der Waals surface area contributed by atoms with Gasteiger partial charge in [-0.15, -0.1) is 0 Å². The van der Waals surface area contributed by atoms with Crippen LogP contribution in [-0.2, 0) is 0 Å². The van der Waals surface area contributed by atoms with Crippen molar-refractivity contribution in [2.45, 2.75) is 19.9 Å². The Labute approximate surface area is 121 Å². The van der Waals surface area contributed by atoms with Gasteiger partial charge in [-0.25, -0.2) is 9.97 Å². The van der Waals surface area contributed by atoms with E-state index in [1.165, 1.54) is 6.33 Å². The van der Waals surface area contributed by atoms with Gasteiger partial charge in [0, 0.05) is 29.4 Å². The lowest BCUT2D eigenvalue weighted by molar-refractivity contribution is 0.0939. The number of hydrogen-bond donors (Lipinski definition) is 2. The number of carbonyl (C=O) groups excluding carboxylic acids is 1. The standard InChI is InChI=1S/C15H15N5O/c1-9(2)18-15(21)14-12-5-10(3-4-13(12)19-20-14)11-6-16-8-17-7-11/h3-9H,1-2H3,(H,18,21)(H,19,20). The molecule has 0 bridgehead atoms. The monoisotopic (exact) mass is 281 g/mol. The molecule has 0 radical (unpaired) electrons. The quantitative estimate of drug-likeness (QED) is 0.770. The van der Waals surface area contributed by atoms with Gasteiger partial charge in [-0.05, 0) is 31.5 Å². The second kappa shape index (κ2) is 5.32. The fourth-order valence-electron chi connectivity index (χ4n) is 2.15. The van der Waals surface area contributed by atoms with E-state index in [9.17, 15) is 4.79 Å². The smallest absolute Gasteiger partial charge is 0.272 e. The summed E-state index contributed by atoms with van der Waals surface area (Å²) in [7, 11) is 0. The third kappa shape index (κ3) is 2.60. The van der Waals surface area contributed by atoms with Gasteiger partial charge in [-0.1, -0.05) is 6.07 Å². The maximum Gasteiger partial charge on any atom is 0.272 e. The molecule has 21 heavy (non-hydrogen) atoms. The van der Waals surface area contributed by atoms with E-state index in [2.05, 4.69) is 25.5 Å². The van der Waals surface area contributed by atoms with Gasteiger partial charge in [0.25, 0.3) is 5.91 Å². The van der Waals surface area contributed by atoms with Gasteiger partial charge in [0.2, 0.25) is 0 Å². The summed E-state index contributed by atoms with van der Waals surface area (Å²) in [5.74, 6) is -0.183. The second-order valence-corrected chi connectivity index (χ2v) is 5.09. The third-order valence-corrected chi connectivity index (χ3v) is 3.09. The van der Waals surface area contributed by atoms with Crippen molar-refractivity contribution in [3.63, 3.8) is 0 Å². The van der Waals surface area contributed by atoms with E-state index in [4.69, 9.17) is 0 Å². The molecule has 0 aliphatic carbocycles. The van der Waals surface area contributed by atoms with Crippen LogP contribution in [0.4, 0.5) is 0 Å². The zero-order valence-corrected chi connectivity index (χ0v) is 11.8. The van der Waals surface area contributed by atoms with Gasteiger partial charge in [-0.2, -0.15) is 5.10 Å². The minimum absolute atomic E-state index is 0.0648. The number of benzene rings is 1. The predicted molar refractivity (Wildman–Crippen MR) is 79.7 cm³/mol. The van der Waals surface area contributed by atoms with Crippen LogP contribution in [0.15, 0.2) is 36.9 Å². The van der Waals surface area contributed by atoms with E-state index in [0.29, 0.717) is 5.69 Å². The van der Waals surface area contributed by atoms with Crippen molar-refractivity contribution < 1.29 is 4.79 Å². The van der Waals surface area contributed by atoms with Crippen molar-refractivity contribution in [2.75, 3.05) is 0 Å². The average molecular weight is 281 g/mol. The first kappa shape index (κ1) is 13.2. The number of carbonyl (C=O) groups is 1. The Bertz CT molecular complexity index is 779. The highest BCUT2D eigenvalue weighted by molar-refractivity contribution is 6.05. The fraction of sp³-hybridized carbons (Fsp3) is 0.200. The van der Waals surface area contributed by atoms with E-state index in [0.717, 1.165) is 22.0 Å². The molecule has 0 spiro atoms. The lowest BCUT2D eigenvalue weighted by atomic mass is 10.1. The molecule has 0 aliphatic heterocycles. The lowest BCUT2D eigenvalue weighted by Gasteiger charge is -2.06. The Morgan fingerprint density at radius 3 is 2.67 bits per heavy atom. The SMILES string of the molecule is CC(C)NC(=O)c1n[nH]c2ccc(-c3cncnc3)cc12. The molecule has 3 rings (SSSR count). The maximum atomic E-state index is 12.2. The van der Waals surface area contributed by atoms with E-state index in [-0.39, 0.29) is 11.9 Å². The van der Waals surface area contributed by atoms with Gasteiger partial charge in [0.15, 0.2) is 5.69 Å². The molecule has 0 unspecified atom stereocenters. The Hall–Kier alpha value is -2.76. The summed E-state index contributed by atoms with van der Waals surface area (Å²) in [5.41, 5.74) is 3.07. The van der Waals surface area contributed by atoms with Crippen LogP contribution in [0.1, 0.15) is 24.3 Å². The first-order valence-corrected chi connectivity index (χ1v) is 6.69. The summed E-state index contributed by atoms with van der Waals surface area (Å²) < 4.78 is 0. The van der Waals surface area contributed by atoms with E-state index in [1.54, 1.807) is 12.4 Å². The number of H-pyrrole nitrogens is 1. The summed E-state index contributed by atoms with van der Waals surface area (Å²) in [6.45, 7) is 3.83. The number of rotatable bonds is 3. The van der Waals surface area contributed by atoms with Crippen LogP contribution in [-0.4, -0.2) is 32.1 Å². The molecule has 106 valence electrons. The van der Waals surface area contributed by atoms with Crippen molar-refractivity contribution in [3.8, 4) is 11.1 Å². The molecule has 0 atom stereocenters. The van der Waals surface area contributed by atoms with Gasteiger partial charge in [0.05, 0.1) is 5.52 Å². The first-order chi connectivity index (χ1) is 10.1. The topological polar surface area (TPSA) is 83.6 Å². The molecule has 6 nitrogen and oxygen atoms in total. The Morgan fingerprint density at radius 1 is 1.19 bits per heavy atom. The average Bonchev–Trinajstić information content (AvgIpc) is 2.90. The number of amides is 1. The van der Waals surface area contributed by atoms with Crippen LogP contribution in [0.5, 0.6) is 0 Å². The molecule has 2 N–H and O–H groups in total. The van der Waals surface area contributed by atoms with Crippen LogP contribution >= 0.6 is 0 Å². The molecule has 1 amide bonds. The van der Waals surface area contributed by atoms with Gasteiger partial charge < -0.3 is 5.32 Å². The molecule has 0 saturated heterocycles. The number of aromatic nitrogens is 4. The van der Waals surface area contributed by atoms with E-state index >= 15 is 0 Å². The number of fused-ring (bicyclic) bond motifs is 1. The summed E-state index contributed by atoms with van der Waals surface area (Å²) in [6.07, 6.45) is 4.96. The number of nitrogens with zero attached hydrogens (tertiary/aromatic N) is 3. The Kier molecular flexibility index (Phi) is 3.35. The Balaban J connectivity index is 2.06. The van der Waals surface area contributed by atoms with Gasteiger partial charge in [-0.3, -0.25) is 9.89 Å². The van der Waals surface area contributed by atoms with Crippen molar-refractivity contribution in [3.05, 3.63) is 42.6 Å². The number of aromatic amines is 1. The van der Waals surface area contributed by atoms with Gasteiger partial charge >= 0.3 is 0 Å². The second-order valence-electron chi connectivity index (χ2n) is 5.09. The highest BCUT2D eigenvalue weighted by atomic mass is 16.2. The van der Waals surface area contributed by atoms with Crippen LogP contribution in [0, 0.1) is 0 Å². The van der Waals surface area contributed by atoms with E-state index < -0.39 is 0 Å². The Morgan fingerprint density at radius 2 is 1.95 bits per heavy atom. The molecular weight excluding hydrogens is 266 g/mol. The molecule has 3 aromatic rings. The molecule has 6 heteroatoms. The minimum atomic E-state index is -0.183. The molecule has 2 aromatic heterocycles. The number of hydrogen-bond acceptors (Lipinski definition) is 4. The summed E-state index contributed by atoms with van der Waals surface area (Å²) in [4.78, 5) is 20.2.